The Morgan fingerprint density at radius 2 is 1.78 bits per heavy atom. The minimum atomic E-state index is -4.13. The SMILES string of the molecule is CCCC1CCC(C(=O)CCCC(F)(F)F)CC1. The topological polar surface area (TPSA) is 17.1 Å². The molecule has 0 spiro atoms. The first-order valence-electron chi connectivity index (χ1n) is 7.02. The molecule has 0 N–H and O–H groups in total. The van der Waals surface area contributed by atoms with Crippen molar-refractivity contribution in [3.05, 3.63) is 0 Å². The van der Waals surface area contributed by atoms with Crippen molar-refractivity contribution in [1.82, 2.24) is 0 Å². The summed E-state index contributed by atoms with van der Waals surface area (Å²) in [5.74, 6) is 0.815. The Hall–Kier alpha value is -0.540. The van der Waals surface area contributed by atoms with Crippen molar-refractivity contribution >= 4 is 5.78 Å². The summed E-state index contributed by atoms with van der Waals surface area (Å²) in [4.78, 5) is 11.8. The van der Waals surface area contributed by atoms with Gasteiger partial charge in [0.05, 0.1) is 0 Å². The van der Waals surface area contributed by atoms with Crippen molar-refractivity contribution in [3.8, 4) is 0 Å². The molecule has 0 heterocycles. The Bertz CT molecular complexity index is 252. The maximum atomic E-state index is 12.0. The van der Waals surface area contributed by atoms with Crippen LogP contribution in [-0.4, -0.2) is 12.0 Å². The molecule has 0 unspecified atom stereocenters. The largest absolute Gasteiger partial charge is 0.389 e. The van der Waals surface area contributed by atoms with Crippen LogP contribution in [0.2, 0.25) is 0 Å². The van der Waals surface area contributed by atoms with Gasteiger partial charge in [0.2, 0.25) is 0 Å². The van der Waals surface area contributed by atoms with Gasteiger partial charge in [0.25, 0.3) is 0 Å². The molecular formula is C14H23F3O. The first kappa shape index (κ1) is 15.5. The Balaban J connectivity index is 2.20. The van der Waals surface area contributed by atoms with Crippen LogP contribution in [0.15, 0.2) is 0 Å². The van der Waals surface area contributed by atoms with E-state index in [-0.39, 0.29) is 24.5 Å². The Kier molecular flexibility index (Phi) is 6.16. The van der Waals surface area contributed by atoms with Crippen molar-refractivity contribution in [1.29, 1.82) is 0 Å². The monoisotopic (exact) mass is 264 g/mol. The van der Waals surface area contributed by atoms with E-state index in [1.54, 1.807) is 0 Å². The lowest BCUT2D eigenvalue weighted by Crippen LogP contribution is -2.22. The third-order valence-corrected chi connectivity index (χ3v) is 3.88. The highest BCUT2D eigenvalue weighted by atomic mass is 19.4. The van der Waals surface area contributed by atoms with Gasteiger partial charge in [0.1, 0.15) is 5.78 Å². The zero-order chi connectivity index (χ0) is 13.6. The maximum absolute atomic E-state index is 12.0. The summed E-state index contributed by atoms with van der Waals surface area (Å²) >= 11 is 0. The van der Waals surface area contributed by atoms with Crippen LogP contribution in [0, 0.1) is 11.8 Å². The predicted octanol–water partition coefficient (Wildman–Crippen LogP) is 4.89. The molecule has 1 fully saturated rings. The average Bonchev–Trinajstić information content (AvgIpc) is 2.28. The van der Waals surface area contributed by atoms with Crippen LogP contribution in [0.3, 0.4) is 0 Å². The first-order chi connectivity index (χ1) is 8.42. The molecule has 0 radical (unpaired) electrons. The molecule has 1 rings (SSSR count). The zero-order valence-electron chi connectivity index (χ0n) is 11.1. The molecule has 0 aromatic carbocycles. The number of halogens is 3. The second kappa shape index (κ2) is 7.15. The van der Waals surface area contributed by atoms with Gasteiger partial charge in [0, 0.05) is 18.8 Å². The minimum Gasteiger partial charge on any atom is -0.299 e. The fraction of sp³-hybridized carbons (Fsp3) is 0.929. The third kappa shape index (κ3) is 5.87. The van der Waals surface area contributed by atoms with Crippen LogP contribution >= 0.6 is 0 Å². The van der Waals surface area contributed by atoms with Crippen molar-refractivity contribution in [3.63, 3.8) is 0 Å². The molecule has 0 aromatic heterocycles. The van der Waals surface area contributed by atoms with E-state index in [0.717, 1.165) is 31.6 Å². The van der Waals surface area contributed by atoms with Crippen LogP contribution in [0.5, 0.6) is 0 Å². The summed E-state index contributed by atoms with van der Waals surface area (Å²) in [6.07, 6.45) is 1.41. The van der Waals surface area contributed by atoms with E-state index >= 15 is 0 Å². The quantitative estimate of drug-likeness (QED) is 0.667. The number of rotatable bonds is 6. The molecule has 0 aliphatic heterocycles. The zero-order valence-corrected chi connectivity index (χ0v) is 11.1. The van der Waals surface area contributed by atoms with Gasteiger partial charge in [-0.25, -0.2) is 0 Å². The van der Waals surface area contributed by atoms with Gasteiger partial charge >= 0.3 is 6.18 Å². The van der Waals surface area contributed by atoms with Gasteiger partial charge in [-0.05, 0) is 38.0 Å². The molecule has 1 nitrogen and oxygen atoms in total. The Morgan fingerprint density at radius 3 is 2.28 bits per heavy atom. The van der Waals surface area contributed by atoms with E-state index in [2.05, 4.69) is 6.92 Å². The number of hydrogen-bond donors (Lipinski definition) is 0. The Morgan fingerprint density at radius 1 is 1.17 bits per heavy atom. The fourth-order valence-electron chi connectivity index (χ4n) is 2.85. The van der Waals surface area contributed by atoms with E-state index in [1.165, 1.54) is 12.8 Å². The highest BCUT2D eigenvalue weighted by Gasteiger charge is 2.29. The molecule has 106 valence electrons. The summed E-state index contributed by atoms with van der Waals surface area (Å²) in [6.45, 7) is 2.16. The fourth-order valence-corrected chi connectivity index (χ4v) is 2.85. The number of hydrogen-bond acceptors (Lipinski definition) is 1. The van der Waals surface area contributed by atoms with Gasteiger partial charge < -0.3 is 0 Å². The molecule has 1 saturated carbocycles. The van der Waals surface area contributed by atoms with Crippen LogP contribution < -0.4 is 0 Å². The van der Waals surface area contributed by atoms with E-state index in [1.807, 2.05) is 0 Å². The van der Waals surface area contributed by atoms with E-state index in [9.17, 15) is 18.0 Å². The summed E-state index contributed by atoms with van der Waals surface area (Å²) in [6, 6.07) is 0. The van der Waals surface area contributed by atoms with Gasteiger partial charge in [-0.2, -0.15) is 13.2 Å². The lowest BCUT2D eigenvalue weighted by atomic mass is 9.77. The van der Waals surface area contributed by atoms with Crippen molar-refractivity contribution in [2.24, 2.45) is 11.8 Å². The normalized spacial score (nSPS) is 25.1. The van der Waals surface area contributed by atoms with Crippen molar-refractivity contribution in [2.45, 2.75) is 70.9 Å². The van der Waals surface area contributed by atoms with E-state index in [0.29, 0.717) is 0 Å². The molecule has 0 saturated heterocycles. The second-order valence-corrected chi connectivity index (χ2v) is 5.44. The number of carbonyl (C=O) groups is 1. The first-order valence-corrected chi connectivity index (χ1v) is 7.02. The number of alkyl halides is 3. The second-order valence-electron chi connectivity index (χ2n) is 5.44. The molecule has 4 heteroatoms. The van der Waals surface area contributed by atoms with Gasteiger partial charge in [-0.1, -0.05) is 19.8 Å². The highest BCUT2D eigenvalue weighted by molar-refractivity contribution is 5.81. The van der Waals surface area contributed by atoms with Gasteiger partial charge in [-0.3, -0.25) is 4.79 Å². The Labute approximate surface area is 107 Å². The van der Waals surface area contributed by atoms with E-state index < -0.39 is 12.6 Å². The number of carbonyl (C=O) groups excluding carboxylic acids is 1. The van der Waals surface area contributed by atoms with E-state index in [4.69, 9.17) is 0 Å². The van der Waals surface area contributed by atoms with Crippen molar-refractivity contribution < 1.29 is 18.0 Å². The van der Waals surface area contributed by atoms with Crippen LogP contribution in [0.1, 0.15) is 64.7 Å². The molecule has 18 heavy (non-hydrogen) atoms. The average molecular weight is 264 g/mol. The van der Waals surface area contributed by atoms with Crippen LogP contribution in [0.25, 0.3) is 0 Å². The van der Waals surface area contributed by atoms with Gasteiger partial charge in [-0.15, -0.1) is 0 Å². The summed E-state index contributed by atoms with van der Waals surface area (Å²) in [7, 11) is 0. The van der Waals surface area contributed by atoms with Crippen molar-refractivity contribution in [2.75, 3.05) is 0 Å². The number of ketones is 1. The molecular weight excluding hydrogens is 241 g/mol. The maximum Gasteiger partial charge on any atom is 0.389 e. The molecule has 0 atom stereocenters. The van der Waals surface area contributed by atoms with Gasteiger partial charge in [0.15, 0.2) is 0 Å². The lowest BCUT2D eigenvalue weighted by Gasteiger charge is -2.27. The smallest absolute Gasteiger partial charge is 0.299 e. The minimum absolute atomic E-state index is 0.0336. The third-order valence-electron chi connectivity index (χ3n) is 3.88. The molecule has 1 aliphatic carbocycles. The highest BCUT2D eigenvalue weighted by Crippen LogP contribution is 2.33. The summed E-state index contributed by atoms with van der Waals surface area (Å²) < 4.78 is 35.9. The molecule has 0 amide bonds. The lowest BCUT2D eigenvalue weighted by molar-refractivity contribution is -0.137. The molecule has 0 aromatic rings. The predicted molar refractivity (Wildman–Crippen MR) is 65.3 cm³/mol. The molecule has 1 aliphatic rings. The molecule has 0 bridgehead atoms. The standard InChI is InChI=1S/C14H23F3O/c1-2-4-11-6-8-12(9-7-11)13(18)5-3-10-14(15,16)17/h11-12H,2-10H2,1H3. The summed E-state index contributed by atoms with van der Waals surface area (Å²) in [5.41, 5.74) is 0. The summed E-state index contributed by atoms with van der Waals surface area (Å²) in [5, 5.41) is 0. The number of Topliss-reactive ketones (excluding diaryl/α,β-unsaturated/α-hetero) is 1. The van der Waals surface area contributed by atoms with Crippen LogP contribution in [-0.2, 0) is 4.79 Å². The van der Waals surface area contributed by atoms with Crippen LogP contribution in [0.4, 0.5) is 13.2 Å².